The van der Waals surface area contributed by atoms with E-state index in [1.807, 2.05) is 60.0 Å². The predicted octanol–water partition coefficient (Wildman–Crippen LogP) is 4.84. The van der Waals surface area contributed by atoms with Crippen molar-refractivity contribution >= 4 is 35.0 Å². The van der Waals surface area contributed by atoms with Crippen LogP contribution in [0.5, 0.6) is 5.75 Å². The lowest BCUT2D eigenvalue weighted by molar-refractivity contribution is -0.113. The van der Waals surface area contributed by atoms with E-state index < -0.39 is 0 Å². The fourth-order valence-corrected chi connectivity index (χ4v) is 3.67. The van der Waals surface area contributed by atoms with E-state index >= 15 is 0 Å². The molecule has 8 heteroatoms. The van der Waals surface area contributed by atoms with Gasteiger partial charge in [0.05, 0.1) is 12.4 Å². The van der Waals surface area contributed by atoms with Crippen molar-refractivity contribution < 1.29 is 9.53 Å². The number of nitrogens with one attached hydrogen (secondary N) is 1. The first kappa shape index (κ1) is 21.9. The summed E-state index contributed by atoms with van der Waals surface area (Å²) in [4.78, 5) is 12.3. The monoisotopic (exact) mass is 442 g/mol. The zero-order valence-corrected chi connectivity index (χ0v) is 18.2. The number of rotatable bonds is 10. The number of amides is 1. The standard InChI is InChI=1S/C22H23ClN4O2S/c1-3-13-27-20(14-16-5-7-17(23)8-6-16)25-26-22(27)30-15-21(28)24-18-9-11-19(12-10-18)29-4-2/h3,5-12H,1,4,13-15H2,2H3,(H,24,28). The first-order valence-corrected chi connectivity index (χ1v) is 10.9. The molecule has 30 heavy (non-hydrogen) atoms. The van der Waals surface area contributed by atoms with Gasteiger partial charge in [0.1, 0.15) is 11.6 Å². The van der Waals surface area contributed by atoms with Crippen LogP contribution in [0.15, 0.2) is 66.3 Å². The second-order valence-corrected chi connectivity index (χ2v) is 7.77. The molecule has 6 nitrogen and oxygen atoms in total. The molecule has 0 unspecified atom stereocenters. The first-order chi connectivity index (χ1) is 14.6. The minimum Gasteiger partial charge on any atom is -0.494 e. The van der Waals surface area contributed by atoms with Gasteiger partial charge in [-0.05, 0) is 48.9 Å². The van der Waals surface area contributed by atoms with Crippen LogP contribution < -0.4 is 10.1 Å². The number of aromatic nitrogens is 3. The van der Waals surface area contributed by atoms with Crippen molar-refractivity contribution in [2.75, 3.05) is 17.7 Å². The van der Waals surface area contributed by atoms with Crippen molar-refractivity contribution in [1.29, 1.82) is 0 Å². The van der Waals surface area contributed by atoms with Gasteiger partial charge in [-0.2, -0.15) is 0 Å². The highest BCUT2D eigenvalue weighted by molar-refractivity contribution is 7.99. The van der Waals surface area contributed by atoms with Crippen molar-refractivity contribution in [3.8, 4) is 5.75 Å². The molecule has 0 aliphatic rings. The number of hydrogen-bond acceptors (Lipinski definition) is 5. The summed E-state index contributed by atoms with van der Waals surface area (Å²) < 4.78 is 7.38. The lowest BCUT2D eigenvalue weighted by atomic mass is 10.1. The molecule has 0 atom stereocenters. The quantitative estimate of drug-likeness (QED) is 0.359. The molecule has 2 aromatic carbocycles. The first-order valence-electron chi connectivity index (χ1n) is 9.52. The summed E-state index contributed by atoms with van der Waals surface area (Å²) >= 11 is 7.30. The normalized spacial score (nSPS) is 10.6. The summed E-state index contributed by atoms with van der Waals surface area (Å²) in [6.45, 7) is 6.92. The number of hydrogen-bond donors (Lipinski definition) is 1. The molecule has 1 aromatic heterocycles. The molecule has 0 saturated heterocycles. The van der Waals surface area contributed by atoms with Crippen LogP contribution in [0.25, 0.3) is 0 Å². The predicted molar refractivity (Wildman–Crippen MR) is 121 cm³/mol. The molecule has 156 valence electrons. The molecule has 0 aliphatic carbocycles. The minimum absolute atomic E-state index is 0.114. The van der Waals surface area contributed by atoms with Crippen LogP contribution in [0.4, 0.5) is 5.69 Å². The average Bonchev–Trinajstić information content (AvgIpc) is 3.11. The molecule has 3 aromatic rings. The van der Waals surface area contributed by atoms with Crippen LogP contribution >= 0.6 is 23.4 Å². The lowest BCUT2D eigenvalue weighted by Crippen LogP contribution is -2.14. The van der Waals surface area contributed by atoms with Gasteiger partial charge in [0.15, 0.2) is 5.16 Å². The number of halogens is 1. The molecule has 1 N–H and O–H groups in total. The van der Waals surface area contributed by atoms with Gasteiger partial charge in [-0.3, -0.25) is 4.79 Å². The van der Waals surface area contributed by atoms with Gasteiger partial charge < -0.3 is 14.6 Å². The van der Waals surface area contributed by atoms with Crippen molar-refractivity contribution in [3.05, 3.63) is 77.6 Å². The molecule has 0 fully saturated rings. The molecule has 0 bridgehead atoms. The zero-order chi connectivity index (χ0) is 21.3. The van der Waals surface area contributed by atoms with Crippen LogP contribution in [0.1, 0.15) is 18.3 Å². The number of allylic oxidation sites excluding steroid dienone is 1. The second-order valence-electron chi connectivity index (χ2n) is 6.40. The van der Waals surface area contributed by atoms with Crippen molar-refractivity contribution in [2.45, 2.75) is 25.0 Å². The third-order valence-electron chi connectivity index (χ3n) is 4.16. The molecule has 0 radical (unpaired) electrons. The second kappa shape index (κ2) is 10.8. The number of thioether (sulfide) groups is 1. The van der Waals surface area contributed by atoms with Crippen LogP contribution in [0, 0.1) is 0 Å². The maximum atomic E-state index is 12.3. The van der Waals surface area contributed by atoms with Gasteiger partial charge in [0.2, 0.25) is 5.91 Å². The number of carbonyl (C=O) groups is 1. The molecule has 3 rings (SSSR count). The molecule has 0 saturated carbocycles. The molecule has 0 spiro atoms. The number of ether oxygens (including phenoxy) is 1. The van der Waals surface area contributed by atoms with Crippen molar-refractivity contribution in [2.24, 2.45) is 0 Å². The molecular weight excluding hydrogens is 420 g/mol. The maximum Gasteiger partial charge on any atom is 0.234 e. The summed E-state index contributed by atoms with van der Waals surface area (Å²) in [6.07, 6.45) is 2.41. The summed E-state index contributed by atoms with van der Waals surface area (Å²) in [5.74, 6) is 1.70. The Morgan fingerprint density at radius 2 is 1.93 bits per heavy atom. The van der Waals surface area contributed by atoms with Gasteiger partial charge in [0, 0.05) is 23.7 Å². The summed E-state index contributed by atoms with van der Waals surface area (Å²) in [7, 11) is 0. The number of carbonyl (C=O) groups excluding carboxylic acids is 1. The highest BCUT2D eigenvalue weighted by Gasteiger charge is 2.14. The maximum absolute atomic E-state index is 12.3. The van der Waals surface area contributed by atoms with Crippen LogP contribution in [-0.2, 0) is 17.8 Å². The molecular formula is C22H23ClN4O2S. The average molecular weight is 443 g/mol. The van der Waals surface area contributed by atoms with Gasteiger partial charge >= 0.3 is 0 Å². The third-order valence-corrected chi connectivity index (χ3v) is 5.38. The fourth-order valence-electron chi connectivity index (χ4n) is 2.78. The van der Waals surface area contributed by atoms with E-state index in [1.165, 1.54) is 11.8 Å². The smallest absolute Gasteiger partial charge is 0.234 e. The van der Waals surface area contributed by atoms with E-state index in [1.54, 1.807) is 6.08 Å². The Morgan fingerprint density at radius 1 is 1.20 bits per heavy atom. The fraction of sp³-hybridized carbons (Fsp3) is 0.227. The van der Waals surface area contributed by atoms with Gasteiger partial charge in [-0.1, -0.05) is 41.6 Å². The molecule has 1 amide bonds. The SMILES string of the molecule is C=CCn1c(Cc2ccc(Cl)cc2)nnc1SCC(=O)Nc1ccc(OCC)cc1. The minimum atomic E-state index is -0.114. The Labute approximate surface area is 185 Å². The third kappa shape index (κ3) is 6.11. The Morgan fingerprint density at radius 3 is 2.60 bits per heavy atom. The molecule has 0 aliphatic heterocycles. The van der Waals surface area contributed by atoms with Gasteiger partial charge in [-0.25, -0.2) is 0 Å². The highest BCUT2D eigenvalue weighted by Crippen LogP contribution is 2.21. The van der Waals surface area contributed by atoms with Crippen LogP contribution in [-0.4, -0.2) is 33.0 Å². The Bertz CT molecular complexity index is 987. The van der Waals surface area contributed by atoms with E-state index in [0.717, 1.165) is 22.8 Å². The summed E-state index contributed by atoms with van der Waals surface area (Å²) in [5, 5.41) is 12.8. The van der Waals surface area contributed by atoms with E-state index in [0.29, 0.717) is 29.8 Å². The van der Waals surface area contributed by atoms with Crippen LogP contribution in [0.2, 0.25) is 5.02 Å². The summed E-state index contributed by atoms with van der Waals surface area (Å²) in [6, 6.07) is 14.9. The van der Waals surface area contributed by atoms with Crippen molar-refractivity contribution in [3.63, 3.8) is 0 Å². The van der Waals surface area contributed by atoms with Crippen molar-refractivity contribution in [1.82, 2.24) is 14.8 Å². The van der Waals surface area contributed by atoms with Gasteiger partial charge in [-0.15, -0.1) is 16.8 Å². The zero-order valence-electron chi connectivity index (χ0n) is 16.7. The largest absolute Gasteiger partial charge is 0.494 e. The molecule has 1 heterocycles. The lowest BCUT2D eigenvalue weighted by Gasteiger charge is -2.09. The number of anilines is 1. The van der Waals surface area contributed by atoms with E-state index in [2.05, 4.69) is 22.1 Å². The van der Waals surface area contributed by atoms with E-state index in [4.69, 9.17) is 16.3 Å². The topological polar surface area (TPSA) is 69.0 Å². The Kier molecular flexibility index (Phi) is 7.93. The van der Waals surface area contributed by atoms with Crippen LogP contribution in [0.3, 0.4) is 0 Å². The highest BCUT2D eigenvalue weighted by atomic mass is 35.5. The van der Waals surface area contributed by atoms with E-state index in [9.17, 15) is 4.79 Å². The van der Waals surface area contributed by atoms with Gasteiger partial charge in [0.25, 0.3) is 0 Å². The number of benzene rings is 2. The summed E-state index contributed by atoms with van der Waals surface area (Å²) in [5.41, 5.74) is 1.81. The Balaban J connectivity index is 1.61. The number of nitrogens with zero attached hydrogens (tertiary/aromatic N) is 3. The Hall–Kier alpha value is -2.77. The van der Waals surface area contributed by atoms with E-state index in [-0.39, 0.29) is 11.7 Å².